The van der Waals surface area contributed by atoms with E-state index in [2.05, 4.69) is 6.07 Å². The van der Waals surface area contributed by atoms with Crippen LogP contribution in [-0.2, 0) is 5.75 Å². The molecule has 0 N–H and O–H groups in total. The summed E-state index contributed by atoms with van der Waals surface area (Å²) < 4.78 is 13.4. The number of benzene rings is 2. The molecule has 2 aromatic carbocycles. The van der Waals surface area contributed by atoms with Crippen molar-refractivity contribution in [3.8, 4) is 6.07 Å². The highest BCUT2D eigenvalue weighted by Crippen LogP contribution is 2.27. The Hall–Kier alpha value is -1.79. The first kappa shape index (κ1) is 12.7. The smallest absolute Gasteiger partial charge is 0.142 e. The Bertz CT molecular complexity index is 602. The maximum atomic E-state index is 13.4. The summed E-state index contributed by atoms with van der Waals surface area (Å²) in [5.74, 6) is 0.284. The molecule has 0 aliphatic heterocycles. The first-order valence-electron chi connectivity index (χ1n) is 5.57. The Balaban J connectivity index is 2.16. The lowest BCUT2D eigenvalue weighted by atomic mass is 10.2. The summed E-state index contributed by atoms with van der Waals surface area (Å²) in [6.45, 7) is 2.04. The summed E-state index contributed by atoms with van der Waals surface area (Å²) >= 11 is 1.49. The predicted octanol–water partition coefficient (Wildman–Crippen LogP) is 4.30. The fraction of sp³-hybridized carbons (Fsp3) is 0.133. The number of halogens is 1. The van der Waals surface area contributed by atoms with E-state index in [-0.39, 0.29) is 5.56 Å². The zero-order chi connectivity index (χ0) is 13.0. The summed E-state index contributed by atoms with van der Waals surface area (Å²) in [6, 6.07) is 14.8. The number of thioether (sulfide) groups is 1. The van der Waals surface area contributed by atoms with Crippen LogP contribution in [0.15, 0.2) is 47.4 Å². The van der Waals surface area contributed by atoms with Crippen LogP contribution in [0, 0.1) is 24.1 Å². The molecule has 0 saturated heterocycles. The van der Waals surface area contributed by atoms with E-state index in [4.69, 9.17) is 5.26 Å². The van der Waals surface area contributed by atoms with Gasteiger partial charge < -0.3 is 0 Å². The van der Waals surface area contributed by atoms with Gasteiger partial charge in [-0.1, -0.05) is 35.9 Å². The molecule has 2 rings (SSSR count). The lowest BCUT2D eigenvalue weighted by Gasteiger charge is -2.05. The van der Waals surface area contributed by atoms with E-state index < -0.39 is 5.82 Å². The van der Waals surface area contributed by atoms with Gasteiger partial charge in [0.2, 0.25) is 0 Å². The van der Waals surface area contributed by atoms with Gasteiger partial charge in [-0.25, -0.2) is 4.39 Å². The van der Waals surface area contributed by atoms with E-state index in [0.717, 1.165) is 5.75 Å². The fourth-order valence-corrected chi connectivity index (χ4v) is 2.66. The number of hydrogen-bond donors (Lipinski definition) is 0. The van der Waals surface area contributed by atoms with Crippen molar-refractivity contribution in [3.63, 3.8) is 0 Å². The lowest BCUT2D eigenvalue weighted by molar-refractivity contribution is 0.620. The molecule has 0 aliphatic rings. The minimum Gasteiger partial charge on any atom is -0.206 e. The van der Waals surface area contributed by atoms with Crippen LogP contribution < -0.4 is 0 Å². The van der Waals surface area contributed by atoms with Gasteiger partial charge in [0, 0.05) is 10.6 Å². The van der Waals surface area contributed by atoms with Gasteiger partial charge >= 0.3 is 0 Å². The van der Waals surface area contributed by atoms with E-state index in [9.17, 15) is 4.39 Å². The van der Waals surface area contributed by atoms with Crippen LogP contribution in [0.4, 0.5) is 4.39 Å². The Morgan fingerprint density at radius 3 is 2.72 bits per heavy atom. The molecule has 0 bridgehead atoms. The second-order valence-corrected chi connectivity index (χ2v) is 5.02. The maximum Gasteiger partial charge on any atom is 0.142 e. The summed E-state index contributed by atoms with van der Waals surface area (Å²) in [4.78, 5) is 0.694. The van der Waals surface area contributed by atoms with Gasteiger partial charge in [-0.2, -0.15) is 5.26 Å². The molecule has 1 nitrogen and oxygen atoms in total. The third-order valence-electron chi connectivity index (χ3n) is 2.56. The zero-order valence-electron chi connectivity index (χ0n) is 9.98. The number of nitrogens with zero attached hydrogens (tertiary/aromatic N) is 1. The molecular weight excluding hydrogens is 245 g/mol. The van der Waals surface area contributed by atoms with Crippen LogP contribution in [0.25, 0.3) is 0 Å². The highest BCUT2D eigenvalue weighted by atomic mass is 32.2. The van der Waals surface area contributed by atoms with Crippen LogP contribution in [-0.4, -0.2) is 0 Å². The number of hydrogen-bond acceptors (Lipinski definition) is 2. The highest BCUT2D eigenvalue weighted by Gasteiger charge is 2.08. The van der Waals surface area contributed by atoms with E-state index >= 15 is 0 Å². The molecule has 0 spiro atoms. The topological polar surface area (TPSA) is 23.8 Å². The minimum absolute atomic E-state index is 0.134. The van der Waals surface area contributed by atoms with Crippen molar-refractivity contribution >= 4 is 11.8 Å². The number of rotatable bonds is 3. The van der Waals surface area contributed by atoms with Gasteiger partial charge in [0.25, 0.3) is 0 Å². The van der Waals surface area contributed by atoms with Crippen molar-refractivity contribution in [1.82, 2.24) is 0 Å². The fourth-order valence-electron chi connectivity index (χ4n) is 1.70. The molecule has 0 aliphatic carbocycles. The quantitative estimate of drug-likeness (QED) is 0.765. The van der Waals surface area contributed by atoms with Crippen molar-refractivity contribution in [2.75, 3.05) is 0 Å². The minimum atomic E-state index is -0.452. The van der Waals surface area contributed by atoms with Gasteiger partial charge in [0.05, 0.1) is 0 Å². The Labute approximate surface area is 110 Å². The first-order chi connectivity index (χ1) is 8.70. The van der Waals surface area contributed by atoms with Crippen LogP contribution in [0.3, 0.4) is 0 Å². The molecule has 90 valence electrons. The summed E-state index contributed by atoms with van der Waals surface area (Å²) in [6.07, 6.45) is 0. The standard InChI is InChI=1S/C15H12FNS/c1-11-4-2-5-12(8-11)10-18-15-7-3-6-14(16)13(15)9-17/h2-8H,10H2,1H3. The van der Waals surface area contributed by atoms with Crippen LogP contribution in [0.2, 0.25) is 0 Å². The summed E-state index contributed by atoms with van der Waals surface area (Å²) in [5, 5.41) is 8.94. The molecule has 0 saturated carbocycles. The van der Waals surface area contributed by atoms with Gasteiger partial charge in [0.15, 0.2) is 0 Å². The van der Waals surface area contributed by atoms with Crippen LogP contribution in [0.1, 0.15) is 16.7 Å². The van der Waals surface area contributed by atoms with Gasteiger partial charge in [-0.3, -0.25) is 0 Å². The predicted molar refractivity (Wildman–Crippen MR) is 71.9 cm³/mol. The molecule has 0 radical (unpaired) electrons. The Morgan fingerprint density at radius 2 is 2.00 bits per heavy atom. The Kier molecular flexibility index (Phi) is 4.01. The Morgan fingerprint density at radius 1 is 1.22 bits per heavy atom. The van der Waals surface area contributed by atoms with Crippen molar-refractivity contribution in [3.05, 3.63) is 65.0 Å². The molecular formula is C15H12FNS. The molecule has 2 aromatic rings. The van der Waals surface area contributed by atoms with E-state index in [1.807, 2.05) is 31.2 Å². The summed E-state index contributed by atoms with van der Waals surface area (Å²) in [7, 11) is 0. The lowest BCUT2D eigenvalue weighted by Crippen LogP contribution is -1.88. The van der Waals surface area contributed by atoms with Crippen molar-refractivity contribution in [1.29, 1.82) is 5.26 Å². The average Bonchev–Trinajstić information content (AvgIpc) is 2.36. The SMILES string of the molecule is Cc1cccc(CSc2cccc(F)c2C#N)c1. The van der Waals surface area contributed by atoms with Crippen LogP contribution in [0.5, 0.6) is 0 Å². The third-order valence-corrected chi connectivity index (χ3v) is 3.69. The van der Waals surface area contributed by atoms with Crippen molar-refractivity contribution in [2.45, 2.75) is 17.6 Å². The van der Waals surface area contributed by atoms with Gasteiger partial charge in [-0.05, 0) is 24.6 Å². The number of aryl methyl sites for hydroxylation is 1. The average molecular weight is 257 g/mol. The molecule has 18 heavy (non-hydrogen) atoms. The molecule has 0 aromatic heterocycles. The second-order valence-electron chi connectivity index (χ2n) is 4.00. The maximum absolute atomic E-state index is 13.4. The molecule has 0 heterocycles. The first-order valence-corrected chi connectivity index (χ1v) is 6.56. The molecule has 0 amide bonds. The van der Waals surface area contributed by atoms with Crippen molar-refractivity contribution in [2.24, 2.45) is 0 Å². The monoisotopic (exact) mass is 257 g/mol. The molecule has 0 fully saturated rings. The normalized spacial score (nSPS) is 10.1. The molecule has 0 atom stereocenters. The summed E-state index contributed by atoms with van der Waals surface area (Å²) in [5.41, 5.74) is 2.51. The molecule has 0 unspecified atom stereocenters. The van der Waals surface area contributed by atoms with Crippen molar-refractivity contribution < 1.29 is 4.39 Å². The van der Waals surface area contributed by atoms with E-state index in [1.165, 1.54) is 29.0 Å². The largest absolute Gasteiger partial charge is 0.206 e. The highest BCUT2D eigenvalue weighted by molar-refractivity contribution is 7.98. The van der Waals surface area contributed by atoms with Gasteiger partial charge in [-0.15, -0.1) is 11.8 Å². The van der Waals surface area contributed by atoms with Gasteiger partial charge in [0.1, 0.15) is 17.4 Å². The zero-order valence-corrected chi connectivity index (χ0v) is 10.8. The second kappa shape index (κ2) is 5.70. The van der Waals surface area contributed by atoms with E-state index in [0.29, 0.717) is 4.90 Å². The molecule has 3 heteroatoms. The van der Waals surface area contributed by atoms with Crippen LogP contribution >= 0.6 is 11.8 Å². The van der Waals surface area contributed by atoms with E-state index in [1.54, 1.807) is 12.1 Å². The number of nitriles is 1. The third kappa shape index (κ3) is 2.91.